The molecule has 0 saturated heterocycles. The number of carbonyl (C=O) groups is 2. The molecule has 0 radical (unpaired) electrons. The van der Waals surface area contributed by atoms with E-state index in [9.17, 15) is 4.79 Å². The predicted octanol–water partition coefficient (Wildman–Crippen LogP) is 17.2. The number of ether oxygens (including phenoxy) is 3. The average Bonchev–Trinajstić information content (AvgIpc) is 1.86. The Hall–Kier alpha value is -9.54. The molecule has 9 aromatic carbocycles. The maximum atomic E-state index is 15.6. The summed E-state index contributed by atoms with van der Waals surface area (Å²) in [6.07, 6.45) is -0.502. The zero-order valence-electron chi connectivity index (χ0n) is 48.4. The third-order valence-corrected chi connectivity index (χ3v) is 17.8. The van der Waals surface area contributed by atoms with Crippen molar-refractivity contribution in [2.24, 2.45) is 0 Å². The molecule has 0 fully saturated rings. The summed E-state index contributed by atoms with van der Waals surface area (Å²) < 4.78 is 17.4. The van der Waals surface area contributed by atoms with E-state index in [4.69, 9.17) is 34.1 Å². The number of benzene rings is 9. The van der Waals surface area contributed by atoms with Crippen molar-refractivity contribution in [2.75, 3.05) is 29.7 Å². The lowest BCUT2D eigenvalue weighted by molar-refractivity contribution is -0.142. The van der Waals surface area contributed by atoms with E-state index >= 15 is 4.79 Å². The van der Waals surface area contributed by atoms with E-state index in [0.29, 0.717) is 53.9 Å². The number of cyclic esters (lactones) is 1. The van der Waals surface area contributed by atoms with Crippen molar-refractivity contribution in [1.82, 2.24) is 24.4 Å². The minimum atomic E-state index is -0.502. The summed E-state index contributed by atoms with van der Waals surface area (Å²) in [5.74, 6) is 2.47. The smallest absolute Gasteiger partial charge is 0.497 e. The van der Waals surface area contributed by atoms with Gasteiger partial charge in [0.1, 0.15) is 24.8 Å². The van der Waals surface area contributed by atoms with Crippen LogP contribution in [0, 0.1) is 0 Å². The van der Waals surface area contributed by atoms with Crippen molar-refractivity contribution < 1.29 is 23.8 Å². The molecule has 2 aromatic heterocycles. The number of carbonyl (C=O) groups excluding carboxylic acids is 2. The Morgan fingerprint density at radius 1 is 0.698 bits per heavy atom. The lowest BCUT2D eigenvalue weighted by Gasteiger charge is -2.32. The molecule has 1 atom stereocenters. The Labute approximate surface area is 509 Å². The number of hydrogen-bond donors (Lipinski definition) is 2. The second-order valence-corrected chi connectivity index (χ2v) is 23.5. The van der Waals surface area contributed by atoms with E-state index in [2.05, 4.69) is 126 Å². The predicted molar refractivity (Wildman–Crippen MR) is 346 cm³/mol. The van der Waals surface area contributed by atoms with Gasteiger partial charge in [-0.2, -0.15) is 14.8 Å². The van der Waals surface area contributed by atoms with Crippen molar-refractivity contribution in [2.45, 2.75) is 79.1 Å². The topological polar surface area (TPSA) is 141 Å². The number of nitrogens with one attached hydrogen (secondary N) is 2. The van der Waals surface area contributed by atoms with Crippen molar-refractivity contribution in [1.29, 1.82) is 0 Å². The van der Waals surface area contributed by atoms with Crippen LogP contribution in [-0.4, -0.2) is 46.2 Å². The van der Waals surface area contributed by atoms with Gasteiger partial charge in [0.2, 0.25) is 11.9 Å². The van der Waals surface area contributed by atoms with Gasteiger partial charge in [0.15, 0.2) is 5.69 Å². The number of aromatic nitrogens is 4. The number of nitrogens with zero attached hydrogens (tertiary/aromatic N) is 6. The van der Waals surface area contributed by atoms with E-state index in [1.165, 1.54) is 6.92 Å². The standard InChI is InChI=1S/C71H63N8O5S2/c1-46(2)57-37-31-50(40-62(57)79(4)68-59-25-13-15-27-61(59)75-70(77-68)73-42-52-22-9-16-28-63(52)85-65-30-18-11-23-53(65)44-84-71(79)81)49-32-38-66(54(39-49)45-83-47(3)80)86-64-29-17-10-21-51(64)41-72-69-74-60-26-14-12-24-58(60)67(76-69)78(43-48-19-7-6-8-20-48)55-33-35-56(82-5)36-34-55/h6-40,46H,41-45H2,1-5H3,(H,72,74,76)(H,73,75,77)/q+1. The molecule has 1 amide bonds. The molecule has 2 N–H and O–H groups in total. The lowest BCUT2D eigenvalue weighted by atomic mass is 9.94. The molecule has 3 heterocycles. The Bertz CT molecular complexity index is 4300. The van der Waals surface area contributed by atoms with Crippen LogP contribution in [-0.2, 0) is 47.1 Å². The van der Waals surface area contributed by atoms with Crippen LogP contribution >= 0.6 is 23.5 Å². The van der Waals surface area contributed by atoms with Gasteiger partial charge in [0, 0.05) is 80.0 Å². The van der Waals surface area contributed by atoms with Gasteiger partial charge in [0.25, 0.3) is 5.82 Å². The zero-order chi connectivity index (χ0) is 59.2. The van der Waals surface area contributed by atoms with Crippen LogP contribution in [0.5, 0.6) is 5.75 Å². The molecule has 12 rings (SSSR count). The van der Waals surface area contributed by atoms with Gasteiger partial charge in [-0.3, -0.25) is 4.79 Å². The quantitative estimate of drug-likeness (QED) is 0.0743. The summed E-state index contributed by atoms with van der Waals surface area (Å²) in [4.78, 5) is 54.9. The molecule has 0 spiro atoms. The number of rotatable bonds is 15. The van der Waals surface area contributed by atoms with Crippen molar-refractivity contribution >= 4 is 92.3 Å². The number of hydrogen-bond acceptors (Lipinski definition) is 14. The normalized spacial score (nSPS) is 14.1. The summed E-state index contributed by atoms with van der Waals surface area (Å²) in [6.45, 7) is 7.21. The van der Waals surface area contributed by atoms with E-state index in [1.807, 2.05) is 122 Å². The first kappa shape index (κ1) is 56.9. The van der Waals surface area contributed by atoms with Crippen LogP contribution < -0.4 is 24.8 Å². The number of anilines is 4. The van der Waals surface area contributed by atoms with Crippen LogP contribution in [0.1, 0.15) is 60.1 Å². The largest absolute Gasteiger partial charge is 0.527 e. The van der Waals surface area contributed by atoms with Crippen LogP contribution in [0.3, 0.4) is 0 Å². The molecule has 13 nitrogen and oxygen atoms in total. The molecular formula is C71H63N8O5S2+. The van der Waals surface area contributed by atoms with Crippen molar-refractivity contribution in [3.63, 3.8) is 0 Å². The van der Waals surface area contributed by atoms with Gasteiger partial charge < -0.3 is 29.7 Å². The summed E-state index contributed by atoms with van der Waals surface area (Å²) in [6, 6.07) is 71.4. The Kier molecular flexibility index (Phi) is 16.8. The van der Waals surface area contributed by atoms with E-state index < -0.39 is 16.5 Å². The molecule has 1 aliphatic heterocycles. The van der Waals surface area contributed by atoms with Crippen LogP contribution in [0.15, 0.2) is 232 Å². The first-order valence-corrected chi connectivity index (χ1v) is 30.1. The van der Waals surface area contributed by atoms with Gasteiger partial charge in [-0.25, -0.2) is 9.97 Å². The number of amides is 1. The third kappa shape index (κ3) is 12.2. The zero-order valence-corrected chi connectivity index (χ0v) is 50.0. The molecule has 0 aliphatic carbocycles. The monoisotopic (exact) mass is 1170 g/mol. The highest BCUT2D eigenvalue weighted by atomic mass is 32.2. The van der Waals surface area contributed by atoms with E-state index in [-0.39, 0.29) is 19.1 Å². The number of fused-ring (bicyclic) bond motifs is 7. The van der Waals surface area contributed by atoms with E-state index in [1.54, 1.807) is 30.6 Å². The van der Waals surface area contributed by atoms with Gasteiger partial charge in [-0.05, 0) is 113 Å². The average molecular weight is 1170 g/mol. The fraction of sp³-hybridized carbons (Fsp3) is 0.155. The third-order valence-electron chi connectivity index (χ3n) is 15.3. The number of para-hydroxylation sites is 2. The van der Waals surface area contributed by atoms with Crippen LogP contribution in [0.2, 0.25) is 0 Å². The summed E-state index contributed by atoms with van der Waals surface area (Å²) in [7, 11) is 3.54. The number of quaternary nitrogens is 1. The number of esters is 1. The minimum absolute atomic E-state index is 0.00868. The fourth-order valence-electron chi connectivity index (χ4n) is 10.8. The first-order chi connectivity index (χ1) is 42.0. The SMILES string of the molecule is COc1ccc(N(Cc2ccccc2)c2nc(NCc3ccccc3Sc3ccc(-c4ccc(C(C)C)c([N+]5(C)C(=O)OCc6ccccc6Sc6ccccc6CNc6nc5c5ccccc5n6)c4)cc3COC(C)=O)nc3ccccc23)cc1. The van der Waals surface area contributed by atoms with Gasteiger partial charge in [-0.1, -0.05) is 165 Å². The molecule has 11 aromatic rings. The van der Waals surface area contributed by atoms with Crippen LogP contribution in [0.4, 0.5) is 39.7 Å². The fourth-order valence-corrected chi connectivity index (χ4v) is 12.9. The molecular weight excluding hydrogens is 1110 g/mol. The molecule has 86 heavy (non-hydrogen) atoms. The maximum Gasteiger partial charge on any atom is 0.527 e. The molecule has 15 heteroatoms. The van der Waals surface area contributed by atoms with E-state index in [0.717, 1.165) is 92.2 Å². The lowest BCUT2D eigenvalue weighted by Crippen LogP contribution is -2.47. The minimum Gasteiger partial charge on any atom is -0.497 e. The Morgan fingerprint density at radius 2 is 1.35 bits per heavy atom. The molecule has 428 valence electrons. The summed E-state index contributed by atoms with van der Waals surface area (Å²) in [5.41, 5.74) is 10.7. The second-order valence-electron chi connectivity index (χ2n) is 21.4. The highest BCUT2D eigenvalue weighted by molar-refractivity contribution is 7.99. The molecule has 1 unspecified atom stereocenters. The first-order valence-electron chi connectivity index (χ1n) is 28.5. The van der Waals surface area contributed by atoms with Crippen molar-refractivity contribution in [3.8, 4) is 16.9 Å². The van der Waals surface area contributed by atoms with Crippen molar-refractivity contribution in [3.05, 3.63) is 246 Å². The second kappa shape index (κ2) is 25.4. The summed E-state index contributed by atoms with van der Waals surface area (Å²) >= 11 is 3.24. The molecule has 2 bridgehead atoms. The highest BCUT2D eigenvalue weighted by Gasteiger charge is 2.45. The number of methoxy groups -OCH3 is 1. The molecule has 0 saturated carbocycles. The maximum absolute atomic E-state index is 15.6. The summed E-state index contributed by atoms with van der Waals surface area (Å²) in [5, 5.41) is 8.76. The van der Waals surface area contributed by atoms with Gasteiger partial charge in [0.05, 0.1) is 30.6 Å². The molecule has 1 aliphatic rings. The Balaban J connectivity index is 0.896. The van der Waals surface area contributed by atoms with Gasteiger partial charge in [-0.15, -0.1) is 4.48 Å². The highest BCUT2D eigenvalue weighted by Crippen LogP contribution is 2.46. The van der Waals surface area contributed by atoms with Gasteiger partial charge >= 0.3 is 12.1 Å². The van der Waals surface area contributed by atoms with Crippen LogP contribution in [0.25, 0.3) is 32.9 Å². The Morgan fingerprint density at radius 3 is 2.12 bits per heavy atom.